The Morgan fingerprint density at radius 3 is 2.04 bits per heavy atom. The zero-order valence-electron chi connectivity index (χ0n) is 14.6. The van der Waals surface area contributed by atoms with Crippen LogP contribution >= 0.6 is 0 Å². The van der Waals surface area contributed by atoms with Crippen LogP contribution in [0.4, 0.5) is 0 Å². The summed E-state index contributed by atoms with van der Waals surface area (Å²) >= 11 is 0. The molecule has 12 heteroatoms. The van der Waals surface area contributed by atoms with Gasteiger partial charge in [0.15, 0.2) is 0 Å². The van der Waals surface area contributed by atoms with Gasteiger partial charge < -0.3 is 33.9 Å². The van der Waals surface area contributed by atoms with Gasteiger partial charge in [-0.1, -0.05) is 13.2 Å². The van der Waals surface area contributed by atoms with Crippen molar-refractivity contribution < 1.29 is 57.8 Å². The molecule has 0 bridgehead atoms. The number of ether oxygens (including phenoxy) is 6. The summed E-state index contributed by atoms with van der Waals surface area (Å²) < 4.78 is 29.2. The Kier molecular flexibility index (Phi) is 6.51. The fourth-order valence-electron chi connectivity index (χ4n) is 2.11. The van der Waals surface area contributed by atoms with Gasteiger partial charge in [-0.15, -0.1) is 0 Å². The van der Waals surface area contributed by atoms with E-state index in [2.05, 4.69) is 22.6 Å². The van der Waals surface area contributed by atoms with Crippen molar-refractivity contribution in [2.45, 2.75) is 24.8 Å². The van der Waals surface area contributed by atoms with E-state index < -0.39 is 55.3 Å². The number of hydrogen-bond donors (Lipinski definition) is 2. The predicted octanol–water partition coefficient (Wildman–Crippen LogP) is -1.60. The van der Waals surface area contributed by atoms with Gasteiger partial charge >= 0.3 is 35.8 Å². The maximum atomic E-state index is 12.1. The quantitative estimate of drug-likeness (QED) is 0.285. The number of esters is 4. The van der Waals surface area contributed by atoms with Crippen LogP contribution in [0.1, 0.15) is 12.8 Å². The van der Waals surface area contributed by atoms with Gasteiger partial charge in [0.25, 0.3) is 0 Å². The number of carbonyl (C=O) groups excluding carboxylic acids is 4. The maximum Gasteiger partial charge on any atom is 0.491 e. The SMILES string of the molecule is C=C1CC(=O)OC(O)(C2(OCCOCCO)OC(=O)CC(=C)C(=O)O2)OC1=O. The molecule has 0 saturated carbocycles. The standard InChI is InChI=1S/C16H18O12/c1-9-7-11(18)25-15(22,27-13(9)20)16(24-6-5-23-4-3-17)26-12(19)8-10(2)14(21)28-16/h17,22H,1-8H2. The van der Waals surface area contributed by atoms with Gasteiger partial charge in [-0.3, -0.25) is 14.3 Å². The van der Waals surface area contributed by atoms with Crippen molar-refractivity contribution in [1.29, 1.82) is 0 Å². The van der Waals surface area contributed by atoms with E-state index in [1.165, 1.54) is 0 Å². The molecule has 0 spiro atoms. The van der Waals surface area contributed by atoms with Crippen molar-refractivity contribution in [3.8, 4) is 0 Å². The van der Waals surface area contributed by atoms with Crippen molar-refractivity contribution in [2.24, 2.45) is 0 Å². The highest BCUT2D eigenvalue weighted by Gasteiger charge is 2.69. The van der Waals surface area contributed by atoms with Gasteiger partial charge in [0, 0.05) is 11.1 Å². The van der Waals surface area contributed by atoms with Crippen molar-refractivity contribution in [2.75, 3.05) is 26.4 Å². The van der Waals surface area contributed by atoms with Crippen molar-refractivity contribution >= 4 is 23.9 Å². The average Bonchev–Trinajstić information content (AvgIpc) is 2.77. The Morgan fingerprint density at radius 1 is 0.857 bits per heavy atom. The van der Waals surface area contributed by atoms with Crippen LogP contribution in [0, 0.1) is 0 Å². The number of carbonyl (C=O) groups is 4. The largest absolute Gasteiger partial charge is 0.491 e. The van der Waals surface area contributed by atoms with E-state index in [1.54, 1.807) is 0 Å². The number of hydrogen-bond acceptors (Lipinski definition) is 12. The van der Waals surface area contributed by atoms with Crippen LogP contribution in [-0.4, -0.2) is 72.5 Å². The maximum absolute atomic E-state index is 12.1. The summed E-state index contributed by atoms with van der Waals surface area (Å²) in [5, 5.41) is 19.4. The molecule has 2 heterocycles. The van der Waals surface area contributed by atoms with E-state index in [9.17, 15) is 24.3 Å². The lowest BCUT2D eigenvalue weighted by molar-refractivity contribution is -0.510. The minimum absolute atomic E-state index is 0.0686. The van der Waals surface area contributed by atoms with Gasteiger partial charge in [-0.2, -0.15) is 0 Å². The van der Waals surface area contributed by atoms with Crippen LogP contribution in [0.3, 0.4) is 0 Å². The zero-order chi connectivity index (χ0) is 20.9. The second-order valence-electron chi connectivity index (χ2n) is 5.61. The number of cyclic esters (lactones) is 4. The first-order valence-corrected chi connectivity index (χ1v) is 7.93. The van der Waals surface area contributed by atoms with Crippen molar-refractivity contribution in [1.82, 2.24) is 0 Å². The highest BCUT2D eigenvalue weighted by Crippen LogP contribution is 2.38. The van der Waals surface area contributed by atoms with Crippen LogP contribution in [-0.2, 0) is 47.6 Å². The molecule has 0 aliphatic carbocycles. The molecule has 154 valence electrons. The molecular formula is C16H18O12. The summed E-state index contributed by atoms with van der Waals surface area (Å²) in [6.45, 7) is 5.51. The lowest BCUT2D eigenvalue weighted by atomic mass is 10.2. The first-order chi connectivity index (χ1) is 13.1. The lowest BCUT2D eigenvalue weighted by Gasteiger charge is -2.38. The molecule has 12 nitrogen and oxygen atoms in total. The third-order valence-corrected chi connectivity index (χ3v) is 3.39. The first-order valence-electron chi connectivity index (χ1n) is 7.93. The number of aliphatic hydroxyl groups is 2. The monoisotopic (exact) mass is 402 g/mol. The van der Waals surface area contributed by atoms with Crippen molar-refractivity contribution in [3.05, 3.63) is 24.3 Å². The summed E-state index contributed by atoms with van der Waals surface area (Å²) in [5.41, 5.74) is -0.732. The highest BCUT2D eigenvalue weighted by atomic mass is 17.0. The van der Waals surface area contributed by atoms with Gasteiger partial charge in [0.2, 0.25) is 0 Å². The molecule has 0 aromatic rings. The van der Waals surface area contributed by atoms with Gasteiger partial charge in [0.1, 0.15) is 0 Å². The molecule has 0 radical (unpaired) electrons. The summed E-state index contributed by atoms with van der Waals surface area (Å²) in [5.74, 6) is -11.6. The summed E-state index contributed by atoms with van der Waals surface area (Å²) in [6, 6.07) is 0. The highest BCUT2D eigenvalue weighted by molar-refractivity contribution is 5.96. The van der Waals surface area contributed by atoms with E-state index in [0.29, 0.717) is 0 Å². The Morgan fingerprint density at radius 2 is 1.43 bits per heavy atom. The Hall–Kier alpha value is -2.80. The fraction of sp³-hybridized carbons (Fsp3) is 0.500. The second kappa shape index (κ2) is 8.48. The molecule has 2 N–H and O–H groups in total. The molecule has 0 aromatic carbocycles. The molecule has 2 saturated heterocycles. The zero-order valence-corrected chi connectivity index (χ0v) is 14.6. The van der Waals surface area contributed by atoms with E-state index >= 15 is 0 Å². The molecule has 2 rings (SSSR count). The van der Waals surface area contributed by atoms with E-state index in [0.717, 1.165) is 0 Å². The smallest absolute Gasteiger partial charge is 0.394 e. The third kappa shape index (κ3) is 4.54. The van der Waals surface area contributed by atoms with E-state index in [-0.39, 0.29) is 31.0 Å². The molecular weight excluding hydrogens is 384 g/mol. The molecule has 2 aliphatic rings. The molecule has 2 aliphatic heterocycles. The Bertz CT molecular complexity index is 712. The fourth-order valence-corrected chi connectivity index (χ4v) is 2.11. The van der Waals surface area contributed by atoms with Crippen LogP contribution in [0.25, 0.3) is 0 Å². The summed E-state index contributed by atoms with van der Waals surface area (Å²) in [4.78, 5) is 48.0. The molecule has 0 amide bonds. The van der Waals surface area contributed by atoms with Crippen LogP contribution in [0.2, 0.25) is 0 Å². The normalized spacial score (nSPS) is 28.6. The predicted molar refractivity (Wildman–Crippen MR) is 83.4 cm³/mol. The summed E-state index contributed by atoms with van der Waals surface area (Å²) in [6.07, 6.45) is -1.28. The second-order valence-corrected chi connectivity index (χ2v) is 5.61. The molecule has 28 heavy (non-hydrogen) atoms. The van der Waals surface area contributed by atoms with E-state index in [4.69, 9.17) is 24.1 Å². The van der Waals surface area contributed by atoms with Crippen molar-refractivity contribution in [3.63, 3.8) is 0 Å². The van der Waals surface area contributed by atoms with E-state index in [1.807, 2.05) is 0 Å². The molecule has 2 unspecified atom stereocenters. The van der Waals surface area contributed by atoms with Crippen LogP contribution < -0.4 is 0 Å². The molecule has 2 atom stereocenters. The topological polar surface area (TPSA) is 164 Å². The molecule has 0 aromatic heterocycles. The Balaban J connectivity index is 2.40. The first kappa shape index (κ1) is 21.5. The minimum atomic E-state index is -3.48. The summed E-state index contributed by atoms with van der Waals surface area (Å²) in [7, 11) is 0. The van der Waals surface area contributed by atoms with Gasteiger partial charge in [0.05, 0.1) is 39.3 Å². The lowest BCUT2D eigenvalue weighted by Crippen LogP contribution is -2.64. The third-order valence-electron chi connectivity index (χ3n) is 3.39. The van der Waals surface area contributed by atoms with Crippen LogP contribution in [0.5, 0.6) is 0 Å². The molecule has 2 fully saturated rings. The number of aliphatic hydroxyl groups excluding tert-OH is 1. The average molecular weight is 402 g/mol. The van der Waals surface area contributed by atoms with Crippen LogP contribution in [0.15, 0.2) is 24.3 Å². The Labute approximate surface area is 158 Å². The minimum Gasteiger partial charge on any atom is -0.394 e. The van der Waals surface area contributed by atoms with Gasteiger partial charge in [-0.25, -0.2) is 9.59 Å². The number of rotatable bonds is 7. The van der Waals surface area contributed by atoms with Gasteiger partial charge in [-0.05, 0) is 0 Å².